The fourth-order valence-corrected chi connectivity index (χ4v) is 2.28. The van der Waals surface area contributed by atoms with Crippen molar-refractivity contribution in [1.82, 2.24) is 5.32 Å². The van der Waals surface area contributed by atoms with Gasteiger partial charge in [-0.25, -0.2) is 8.78 Å². The highest BCUT2D eigenvalue weighted by Gasteiger charge is 2.13. The molecule has 9 heteroatoms. The zero-order valence-corrected chi connectivity index (χ0v) is 14.1. The minimum absolute atomic E-state index is 0.0598. The Bertz CT molecular complexity index is 874. The Balaban J connectivity index is 1.88. The Kier molecular flexibility index (Phi) is 6.24. The van der Waals surface area contributed by atoms with E-state index in [4.69, 9.17) is 17.3 Å². The molecule has 0 fully saturated rings. The minimum Gasteiger partial charge on any atom is -0.366 e. The van der Waals surface area contributed by atoms with E-state index in [0.717, 1.165) is 12.1 Å². The van der Waals surface area contributed by atoms with Crippen molar-refractivity contribution in [3.8, 4) is 0 Å². The molecule has 0 saturated carbocycles. The predicted octanol–water partition coefficient (Wildman–Crippen LogP) is 2.48. The summed E-state index contributed by atoms with van der Waals surface area (Å²) in [6, 6.07) is 6.80. The molecule has 6 nitrogen and oxygen atoms in total. The summed E-state index contributed by atoms with van der Waals surface area (Å²) in [4.78, 5) is 34.9. The first-order chi connectivity index (χ1) is 12.3. The molecule has 0 aliphatic carbocycles. The van der Waals surface area contributed by atoms with E-state index in [1.54, 1.807) is 0 Å². The van der Waals surface area contributed by atoms with E-state index in [2.05, 4.69) is 10.6 Å². The number of nitrogens with one attached hydrogen (secondary N) is 2. The van der Waals surface area contributed by atoms with Gasteiger partial charge in [-0.3, -0.25) is 14.4 Å². The van der Waals surface area contributed by atoms with Gasteiger partial charge in [-0.15, -0.1) is 0 Å². The lowest BCUT2D eigenvalue weighted by Crippen LogP contribution is -2.28. The Morgan fingerprint density at radius 2 is 1.77 bits per heavy atom. The predicted molar refractivity (Wildman–Crippen MR) is 91.9 cm³/mol. The van der Waals surface area contributed by atoms with Gasteiger partial charge in [0.15, 0.2) is 0 Å². The molecular weight excluding hydrogens is 368 g/mol. The molecule has 26 heavy (non-hydrogen) atoms. The summed E-state index contributed by atoms with van der Waals surface area (Å²) >= 11 is 5.81. The van der Waals surface area contributed by atoms with Gasteiger partial charge in [-0.05, 0) is 30.3 Å². The largest absolute Gasteiger partial charge is 0.366 e. The Hall–Kier alpha value is -3.00. The Morgan fingerprint density at radius 3 is 2.42 bits per heavy atom. The maximum absolute atomic E-state index is 13.5. The topological polar surface area (TPSA) is 101 Å². The molecule has 2 rings (SSSR count). The van der Waals surface area contributed by atoms with Gasteiger partial charge in [0.1, 0.15) is 11.6 Å². The van der Waals surface area contributed by atoms with Crippen molar-refractivity contribution in [3.63, 3.8) is 0 Å². The standard InChI is InChI=1S/C17H14ClF2N3O3/c18-13-4-2-10(8-12(13)16(21)25)23-15(24)5-6-22-17(26)11-3-1-9(19)7-14(11)20/h1-4,7-8H,5-6H2,(H2,21,25)(H,22,26)(H,23,24). The molecule has 0 radical (unpaired) electrons. The number of carbonyl (C=O) groups is 3. The van der Waals surface area contributed by atoms with Crippen molar-refractivity contribution in [2.75, 3.05) is 11.9 Å². The molecule has 2 aromatic carbocycles. The first kappa shape index (κ1) is 19.3. The second-order valence-corrected chi connectivity index (χ2v) is 5.64. The second kappa shape index (κ2) is 8.39. The van der Waals surface area contributed by atoms with Crippen molar-refractivity contribution < 1.29 is 23.2 Å². The maximum Gasteiger partial charge on any atom is 0.254 e. The highest BCUT2D eigenvalue weighted by atomic mass is 35.5. The van der Waals surface area contributed by atoms with Crippen LogP contribution in [0.4, 0.5) is 14.5 Å². The quantitative estimate of drug-likeness (QED) is 0.716. The molecule has 0 atom stereocenters. The highest BCUT2D eigenvalue weighted by Crippen LogP contribution is 2.20. The zero-order valence-electron chi connectivity index (χ0n) is 13.3. The third kappa shape index (κ3) is 5.00. The Labute approximate surface area is 152 Å². The fraction of sp³-hybridized carbons (Fsp3) is 0.118. The number of carbonyl (C=O) groups excluding carboxylic acids is 3. The second-order valence-electron chi connectivity index (χ2n) is 5.24. The van der Waals surface area contributed by atoms with Gasteiger partial charge in [-0.2, -0.15) is 0 Å². The molecule has 2 aromatic rings. The number of halogens is 3. The normalized spacial score (nSPS) is 10.3. The molecule has 0 bridgehead atoms. The van der Waals surface area contributed by atoms with Gasteiger partial charge >= 0.3 is 0 Å². The minimum atomic E-state index is -0.993. The van der Waals surface area contributed by atoms with Crippen LogP contribution in [0.2, 0.25) is 5.02 Å². The van der Waals surface area contributed by atoms with Gasteiger partial charge in [-0.1, -0.05) is 11.6 Å². The SMILES string of the molecule is NC(=O)c1cc(NC(=O)CCNC(=O)c2ccc(F)cc2F)ccc1Cl. The van der Waals surface area contributed by atoms with E-state index in [0.29, 0.717) is 11.8 Å². The van der Waals surface area contributed by atoms with E-state index in [9.17, 15) is 23.2 Å². The number of primary amides is 1. The van der Waals surface area contributed by atoms with Gasteiger partial charge in [0, 0.05) is 24.7 Å². The smallest absolute Gasteiger partial charge is 0.254 e. The zero-order chi connectivity index (χ0) is 19.3. The van der Waals surface area contributed by atoms with Crippen LogP contribution in [0, 0.1) is 11.6 Å². The molecule has 136 valence electrons. The number of hydrogen-bond donors (Lipinski definition) is 3. The molecule has 3 amide bonds. The van der Waals surface area contributed by atoms with E-state index < -0.39 is 29.4 Å². The van der Waals surface area contributed by atoms with Crippen LogP contribution in [0.5, 0.6) is 0 Å². The van der Waals surface area contributed by atoms with E-state index in [1.807, 2.05) is 0 Å². The monoisotopic (exact) mass is 381 g/mol. The molecule has 0 aliphatic rings. The maximum atomic E-state index is 13.5. The van der Waals surface area contributed by atoms with Crippen molar-refractivity contribution in [2.24, 2.45) is 5.73 Å². The van der Waals surface area contributed by atoms with Gasteiger partial charge < -0.3 is 16.4 Å². The van der Waals surface area contributed by atoms with Crippen LogP contribution in [0.1, 0.15) is 27.1 Å². The van der Waals surface area contributed by atoms with Crippen LogP contribution in [0.25, 0.3) is 0 Å². The summed E-state index contributed by atoms with van der Waals surface area (Å²) in [7, 11) is 0. The molecular formula is C17H14ClF2N3O3. The van der Waals surface area contributed by atoms with E-state index >= 15 is 0 Å². The van der Waals surface area contributed by atoms with Crippen LogP contribution >= 0.6 is 11.6 Å². The third-order valence-electron chi connectivity index (χ3n) is 3.33. The van der Waals surface area contributed by atoms with Crippen molar-refractivity contribution in [3.05, 3.63) is 64.2 Å². The summed E-state index contributed by atoms with van der Waals surface area (Å²) in [6.07, 6.45) is -0.108. The lowest BCUT2D eigenvalue weighted by molar-refractivity contribution is -0.116. The summed E-state index contributed by atoms with van der Waals surface area (Å²) in [6.45, 7) is -0.0717. The van der Waals surface area contributed by atoms with Crippen LogP contribution in [-0.4, -0.2) is 24.3 Å². The number of rotatable bonds is 6. The van der Waals surface area contributed by atoms with Crippen molar-refractivity contribution in [2.45, 2.75) is 6.42 Å². The molecule has 0 heterocycles. The van der Waals surface area contributed by atoms with Crippen LogP contribution in [0.15, 0.2) is 36.4 Å². The molecule has 0 unspecified atom stereocenters. The van der Waals surface area contributed by atoms with Crippen LogP contribution in [-0.2, 0) is 4.79 Å². The van der Waals surface area contributed by atoms with Gasteiger partial charge in [0.25, 0.3) is 5.91 Å². The van der Waals surface area contributed by atoms with Crippen LogP contribution in [0.3, 0.4) is 0 Å². The van der Waals surface area contributed by atoms with E-state index in [1.165, 1.54) is 18.2 Å². The number of amides is 3. The lowest BCUT2D eigenvalue weighted by atomic mass is 10.2. The molecule has 0 aromatic heterocycles. The number of benzene rings is 2. The van der Waals surface area contributed by atoms with Gasteiger partial charge in [0.2, 0.25) is 11.8 Å². The molecule has 4 N–H and O–H groups in total. The van der Waals surface area contributed by atoms with E-state index in [-0.39, 0.29) is 29.1 Å². The summed E-state index contributed by atoms with van der Waals surface area (Å²) in [5.74, 6) is -3.75. The lowest BCUT2D eigenvalue weighted by Gasteiger charge is -2.09. The van der Waals surface area contributed by atoms with Crippen molar-refractivity contribution >= 4 is 35.0 Å². The fourth-order valence-electron chi connectivity index (χ4n) is 2.07. The van der Waals surface area contributed by atoms with Gasteiger partial charge in [0.05, 0.1) is 16.1 Å². The molecule has 0 aliphatic heterocycles. The molecule has 0 spiro atoms. The first-order valence-electron chi connectivity index (χ1n) is 7.40. The number of anilines is 1. The summed E-state index contributed by atoms with van der Waals surface area (Å²) in [5, 5.41) is 5.03. The Morgan fingerprint density at radius 1 is 1.04 bits per heavy atom. The average molecular weight is 382 g/mol. The summed E-state index contributed by atoms with van der Waals surface area (Å²) < 4.78 is 26.3. The number of hydrogen-bond acceptors (Lipinski definition) is 3. The molecule has 0 saturated heterocycles. The summed E-state index contributed by atoms with van der Waals surface area (Å²) in [5.41, 5.74) is 5.21. The number of nitrogens with two attached hydrogens (primary N) is 1. The third-order valence-corrected chi connectivity index (χ3v) is 3.66. The highest BCUT2D eigenvalue weighted by molar-refractivity contribution is 6.34. The first-order valence-corrected chi connectivity index (χ1v) is 7.78. The van der Waals surface area contributed by atoms with Crippen LogP contribution < -0.4 is 16.4 Å². The van der Waals surface area contributed by atoms with Crippen molar-refractivity contribution in [1.29, 1.82) is 0 Å². The average Bonchev–Trinajstić information content (AvgIpc) is 2.56.